The van der Waals surface area contributed by atoms with Gasteiger partial charge < -0.3 is 19.8 Å². The summed E-state index contributed by atoms with van der Waals surface area (Å²) in [4.78, 5) is 25.4. The van der Waals surface area contributed by atoms with Crippen LogP contribution in [0.1, 0.15) is 41.7 Å². The van der Waals surface area contributed by atoms with Crippen molar-refractivity contribution in [2.24, 2.45) is 0 Å². The predicted molar refractivity (Wildman–Crippen MR) is 104 cm³/mol. The normalized spacial score (nSPS) is 11.3. The fourth-order valence-corrected chi connectivity index (χ4v) is 2.65. The molecule has 2 amide bonds. The molecule has 0 fully saturated rings. The molecule has 140 valence electrons. The molecule has 0 aliphatic carbocycles. The van der Waals surface area contributed by atoms with Crippen LogP contribution in [-0.2, 0) is 0 Å². The van der Waals surface area contributed by atoms with Crippen LogP contribution in [0.25, 0.3) is 11.0 Å². The third kappa shape index (κ3) is 4.11. The molecule has 0 radical (unpaired) electrons. The zero-order chi connectivity index (χ0) is 19.6. The monoisotopic (exact) mass is 366 g/mol. The van der Waals surface area contributed by atoms with E-state index in [0.29, 0.717) is 28.0 Å². The lowest BCUT2D eigenvalue weighted by atomic mass is 10.1. The first-order valence-corrected chi connectivity index (χ1v) is 8.58. The maximum absolute atomic E-state index is 12.7. The van der Waals surface area contributed by atoms with Gasteiger partial charge in [0.15, 0.2) is 0 Å². The zero-order valence-electron chi connectivity index (χ0n) is 15.8. The quantitative estimate of drug-likeness (QED) is 0.724. The van der Waals surface area contributed by atoms with Crippen molar-refractivity contribution in [3.05, 3.63) is 59.9 Å². The lowest BCUT2D eigenvalue weighted by Gasteiger charge is -2.20. The molecule has 0 saturated carbocycles. The molecular formula is C21H22N2O4. The Balaban J connectivity index is 1.97. The van der Waals surface area contributed by atoms with Gasteiger partial charge in [-0.25, -0.2) is 0 Å². The van der Waals surface area contributed by atoms with Crippen molar-refractivity contribution in [3.8, 4) is 5.75 Å². The SMILES string of the molecule is COc1ccc(C(=O)Nc2c(C(=O)NC(C)(C)C)oc3ccccc23)cc1. The number of amides is 2. The molecule has 0 saturated heterocycles. The molecule has 1 heterocycles. The van der Waals surface area contributed by atoms with Crippen LogP contribution in [0.5, 0.6) is 5.75 Å². The fraction of sp³-hybridized carbons (Fsp3) is 0.238. The van der Waals surface area contributed by atoms with Crippen LogP contribution in [0.2, 0.25) is 0 Å². The molecule has 2 N–H and O–H groups in total. The Kier molecular flexibility index (Phi) is 4.90. The van der Waals surface area contributed by atoms with Crippen molar-refractivity contribution < 1.29 is 18.7 Å². The second-order valence-corrected chi connectivity index (χ2v) is 7.19. The molecule has 0 aliphatic heterocycles. The highest BCUT2D eigenvalue weighted by Crippen LogP contribution is 2.31. The van der Waals surface area contributed by atoms with Crippen LogP contribution >= 0.6 is 0 Å². The zero-order valence-corrected chi connectivity index (χ0v) is 15.8. The highest BCUT2D eigenvalue weighted by Gasteiger charge is 2.25. The van der Waals surface area contributed by atoms with E-state index in [-0.39, 0.29) is 17.6 Å². The van der Waals surface area contributed by atoms with E-state index in [9.17, 15) is 9.59 Å². The number of nitrogens with one attached hydrogen (secondary N) is 2. The number of carbonyl (C=O) groups excluding carboxylic acids is 2. The number of methoxy groups -OCH3 is 1. The van der Waals surface area contributed by atoms with Gasteiger partial charge in [-0.2, -0.15) is 0 Å². The molecule has 0 bridgehead atoms. The molecule has 27 heavy (non-hydrogen) atoms. The lowest BCUT2D eigenvalue weighted by molar-refractivity contribution is 0.0894. The molecule has 3 aromatic rings. The summed E-state index contributed by atoms with van der Waals surface area (Å²) < 4.78 is 10.8. The number of benzene rings is 2. The van der Waals surface area contributed by atoms with Gasteiger partial charge in [0, 0.05) is 16.5 Å². The number of para-hydroxylation sites is 1. The van der Waals surface area contributed by atoms with Gasteiger partial charge >= 0.3 is 0 Å². The van der Waals surface area contributed by atoms with Gasteiger partial charge in [0.25, 0.3) is 11.8 Å². The molecule has 0 atom stereocenters. The summed E-state index contributed by atoms with van der Waals surface area (Å²) in [7, 11) is 1.56. The van der Waals surface area contributed by atoms with Gasteiger partial charge in [0.05, 0.1) is 7.11 Å². The maximum atomic E-state index is 12.7. The van der Waals surface area contributed by atoms with Crippen molar-refractivity contribution in [2.75, 3.05) is 12.4 Å². The number of carbonyl (C=O) groups is 2. The van der Waals surface area contributed by atoms with E-state index in [2.05, 4.69) is 10.6 Å². The first-order chi connectivity index (χ1) is 12.8. The van der Waals surface area contributed by atoms with Crippen molar-refractivity contribution in [2.45, 2.75) is 26.3 Å². The molecule has 6 nitrogen and oxygen atoms in total. The number of rotatable bonds is 4. The molecule has 0 aliphatic rings. The van der Waals surface area contributed by atoms with E-state index in [1.54, 1.807) is 43.5 Å². The smallest absolute Gasteiger partial charge is 0.289 e. The van der Waals surface area contributed by atoms with Gasteiger partial charge in [0.2, 0.25) is 5.76 Å². The van der Waals surface area contributed by atoms with Gasteiger partial charge in [-0.3, -0.25) is 9.59 Å². The predicted octanol–water partition coefficient (Wildman–Crippen LogP) is 4.22. The van der Waals surface area contributed by atoms with Crippen LogP contribution in [0.15, 0.2) is 52.9 Å². The molecule has 2 aromatic carbocycles. The Hall–Kier alpha value is -3.28. The summed E-state index contributed by atoms with van der Waals surface area (Å²) >= 11 is 0. The number of furan rings is 1. The Bertz CT molecular complexity index is 982. The van der Waals surface area contributed by atoms with Crippen LogP contribution in [-0.4, -0.2) is 24.5 Å². The molecule has 0 spiro atoms. The minimum absolute atomic E-state index is 0.0768. The number of ether oxygens (including phenoxy) is 1. The third-order valence-electron chi connectivity index (χ3n) is 3.88. The van der Waals surface area contributed by atoms with Crippen molar-refractivity contribution in [3.63, 3.8) is 0 Å². The Morgan fingerprint density at radius 2 is 1.63 bits per heavy atom. The molecule has 3 rings (SSSR count). The summed E-state index contributed by atoms with van der Waals surface area (Å²) in [6, 6.07) is 13.9. The highest BCUT2D eigenvalue weighted by atomic mass is 16.5. The number of hydrogen-bond donors (Lipinski definition) is 2. The van der Waals surface area contributed by atoms with E-state index >= 15 is 0 Å². The minimum Gasteiger partial charge on any atom is -0.497 e. The molecular weight excluding hydrogens is 344 g/mol. The lowest BCUT2D eigenvalue weighted by Crippen LogP contribution is -2.40. The van der Waals surface area contributed by atoms with Crippen molar-refractivity contribution in [1.82, 2.24) is 5.32 Å². The summed E-state index contributed by atoms with van der Waals surface area (Å²) in [5, 5.41) is 6.35. The molecule has 6 heteroatoms. The second kappa shape index (κ2) is 7.15. The Morgan fingerprint density at radius 3 is 2.26 bits per heavy atom. The summed E-state index contributed by atoms with van der Waals surface area (Å²) in [6.07, 6.45) is 0. The largest absolute Gasteiger partial charge is 0.497 e. The van der Waals surface area contributed by atoms with Crippen LogP contribution < -0.4 is 15.4 Å². The third-order valence-corrected chi connectivity index (χ3v) is 3.88. The standard InChI is InChI=1S/C21H22N2O4/c1-21(2,3)23-20(25)18-17(15-7-5-6-8-16(15)27-18)22-19(24)13-9-11-14(26-4)12-10-13/h5-12H,1-4H3,(H,22,24)(H,23,25). The Morgan fingerprint density at radius 1 is 0.963 bits per heavy atom. The van der Waals surface area contributed by atoms with Gasteiger partial charge in [-0.1, -0.05) is 12.1 Å². The van der Waals surface area contributed by atoms with E-state index in [1.807, 2.05) is 32.9 Å². The first-order valence-electron chi connectivity index (χ1n) is 8.58. The average Bonchev–Trinajstić information content (AvgIpc) is 2.99. The summed E-state index contributed by atoms with van der Waals surface area (Å²) in [5.74, 6) is 0.0105. The molecule has 1 aromatic heterocycles. The minimum atomic E-state index is -0.437. The van der Waals surface area contributed by atoms with Crippen LogP contribution in [0.3, 0.4) is 0 Å². The Labute approximate surface area is 157 Å². The van der Waals surface area contributed by atoms with Gasteiger partial charge in [-0.15, -0.1) is 0 Å². The summed E-state index contributed by atoms with van der Waals surface area (Å²) in [6.45, 7) is 5.63. The van der Waals surface area contributed by atoms with Gasteiger partial charge in [0.1, 0.15) is 17.0 Å². The average molecular weight is 366 g/mol. The van der Waals surface area contributed by atoms with Crippen LogP contribution in [0, 0.1) is 0 Å². The second-order valence-electron chi connectivity index (χ2n) is 7.19. The van der Waals surface area contributed by atoms with Gasteiger partial charge in [-0.05, 0) is 57.2 Å². The number of hydrogen-bond acceptors (Lipinski definition) is 4. The van der Waals surface area contributed by atoms with Crippen molar-refractivity contribution >= 4 is 28.5 Å². The highest BCUT2D eigenvalue weighted by molar-refractivity contribution is 6.14. The maximum Gasteiger partial charge on any atom is 0.289 e. The van der Waals surface area contributed by atoms with Crippen molar-refractivity contribution in [1.29, 1.82) is 0 Å². The first kappa shape index (κ1) is 18.5. The van der Waals surface area contributed by atoms with E-state index in [1.165, 1.54) is 0 Å². The molecule has 0 unspecified atom stereocenters. The van der Waals surface area contributed by atoms with Crippen LogP contribution in [0.4, 0.5) is 5.69 Å². The van der Waals surface area contributed by atoms with E-state index in [4.69, 9.17) is 9.15 Å². The van der Waals surface area contributed by atoms with E-state index in [0.717, 1.165) is 0 Å². The van der Waals surface area contributed by atoms with E-state index < -0.39 is 5.54 Å². The topological polar surface area (TPSA) is 80.6 Å². The number of anilines is 1. The fourth-order valence-electron chi connectivity index (χ4n) is 2.65. The summed E-state index contributed by atoms with van der Waals surface area (Å²) in [5.41, 5.74) is 0.894. The number of fused-ring (bicyclic) bond motifs is 1.